The molecule has 0 aromatic carbocycles. The van der Waals surface area contributed by atoms with Crippen LogP contribution in [-0.4, -0.2) is 10.2 Å². The number of pyridine rings is 1. The van der Waals surface area contributed by atoms with Crippen molar-refractivity contribution in [2.75, 3.05) is 0 Å². The van der Waals surface area contributed by atoms with E-state index in [1.165, 1.54) is 16.2 Å². The Morgan fingerprint density at radius 2 is 2.26 bits per heavy atom. The normalized spacial score (nSPS) is 23.9. The van der Waals surface area contributed by atoms with Crippen LogP contribution in [0.3, 0.4) is 0 Å². The van der Waals surface area contributed by atoms with Crippen molar-refractivity contribution >= 4 is 23.1 Å². The molecule has 2 aromatic rings. The van der Waals surface area contributed by atoms with E-state index in [2.05, 4.69) is 47.7 Å². The lowest BCUT2D eigenvalue weighted by Crippen LogP contribution is -2.29. The average Bonchev–Trinajstić information content (AvgIpc) is 2.88. The molecule has 0 bridgehead atoms. The van der Waals surface area contributed by atoms with Crippen LogP contribution in [0.2, 0.25) is 0 Å². The number of nitrogens with zero attached hydrogens (tertiary/aromatic N) is 1. The Balaban J connectivity index is 1.77. The second-order valence-electron chi connectivity index (χ2n) is 5.02. The first-order valence-electron chi connectivity index (χ1n) is 6.65. The molecule has 1 aliphatic heterocycles. The van der Waals surface area contributed by atoms with Crippen LogP contribution in [0.5, 0.6) is 0 Å². The van der Waals surface area contributed by atoms with Crippen molar-refractivity contribution in [1.82, 2.24) is 10.3 Å². The number of rotatable bonds is 3. The monoisotopic (exact) mass is 290 g/mol. The molecule has 3 rings (SSSR count). The first-order chi connectivity index (χ1) is 9.24. The van der Waals surface area contributed by atoms with Gasteiger partial charge in [-0.05, 0) is 42.5 Å². The summed E-state index contributed by atoms with van der Waals surface area (Å²) in [6.45, 7) is 4.51. The Hall–Kier alpha value is -0.840. The summed E-state index contributed by atoms with van der Waals surface area (Å²) in [7, 11) is 0. The summed E-state index contributed by atoms with van der Waals surface area (Å²) in [6.07, 6.45) is 3.05. The number of thioether (sulfide) groups is 1. The molecule has 0 fully saturated rings. The molecular weight excluding hydrogens is 272 g/mol. The number of thiophene rings is 1. The zero-order valence-corrected chi connectivity index (χ0v) is 12.8. The van der Waals surface area contributed by atoms with Crippen molar-refractivity contribution in [1.29, 1.82) is 0 Å². The molecule has 2 aromatic heterocycles. The number of nitrogens with one attached hydrogen (secondary N) is 1. The van der Waals surface area contributed by atoms with Crippen molar-refractivity contribution in [2.45, 2.75) is 41.8 Å². The van der Waals surface area contributed by atoms with Crippen LogP contribution in [0.1, 0.15) is 43.6 Å². The second-order valence-corrected chi connectivity index (χ2v) is 7.65. The molecule has 4 heteroatoms. The quantitative estimate of drug-likeness (QED) is 0.906. The third kappa shape index (κ3) is 2.86. The summed E-state index contributed by atoms with van der Waals surface area (Å²) in [5.41, 5.74) is 2.58. The largest absolute Gasteiger partial charge is 0.302 e. The van der Waals surface area contributed by atoms with Gasteiger partial charge in [0.1, 0.15) is 0 Å². The lowest BCUT2D eigenvalue weighted by atomic mass is 10.0. The molecule has 0 aliphatic carbocycles. The van der Waals surface area contributed by atoms with Gasteiger partial charge in [0.05, 0.1) is 9.90 Å². The van der Waals surface area contributed by atoms with Crippen LogP contribution >= 0.6 is 23.1 Å². The molecule has 1 aliphatic rings. The molecule has 100 valence electrons. The van der Waals surface area contributed by atoms with Crippen LogP contribution in [-0.2, 0) is 0 Å². The van der Waals surface area contributed by atoms with Gasteiger partial charge in [-0.2, -0.15) is 0 Å². The molecule has 0 saturated carbocycles. The lowest BCUT2D eigenvalue weighted by molar-refractivity contribution is 0.430. The van der Waals surface area contributed by atoms with E-state index in [0.29, 0.717) is 11.3 Å². The first-order valence-corrected chi connectivity index (χ1v) is 8.41. The Labute approximate surface area is 122 Å². The highest BCUT2D eigenvalue weighted by Crippen LogP contribution is 2.44. The van der Waals surface area contributed by atoms with Gasteiger partial charge in [0.15, 0.2) is 0 Å². The summed E-state index contributed by atoms with van der Waals surface area (Å²) in [4.78, 5) is 4.44. The van der Waals surface area contributed by atoms with Gasteiger partial charge in [0, 0.05) is 23.5 Å². The van der Waals surface area contributed by atoms with E-state index >= 15 is 0 Å². The molecule has 0 saturated heterocycles. The fourth-order valence-electron chi connectivity index (χ4n) is 2.53. The highest BCUT2D eigenvalue weighted by atomic mass is 32.2. The highest BCUT2D eigenvalue weighted by Gasteiger charge is 2.27. The van der Waals surface area contributed by atoms with E-state index in [-0.39, 0.29) is 6.04 Å². The van der Waals surface area contributed by atoms with Gasteiger partial charge in [-0.3, -0.25) is 4.98 Å². The van der Waals surface area contributed by atoms with Crippen molar-refractivity contribution in [3.63, 3.8) is 0 Å². The van der Waals surface area contributed by atoms with Crippen molar-refractivity contribution in [3.05, 3.63) is 47.1 Å². The van der Waals surface area contributed by atoms with E-state index < -0.39 is 0 Å². The molecule has 0 radical (unpaired) electrons. The van der Waals surface area contributed by atoms with Gasteiger partial charge in [-0.25, -0.2) is 0 Å². The van der Waals surface area contributed by atoms with Crippen LogP contribution < -0.4 is 5.32 Å². The molecule has 1 N–H and O–H groups in total. The number of hydrogen-bond acceptors (Lipinski definition) is 4. The predicted octanol–water partition coefficient (Wildman–Crippen LogP) is 4.42. The predicted molar refractivity (Wildman–Crippen MR) is 82.8 cm³/mol. The van der Waals surface area contributed by atoms with Crippen LogP contribution in [0.25, 0.3) is 0 Å². The molecular formula is C15H18N2S2. The van der Waals surface area contributed by atoms with Crippen molar-refractivity contribution < 1.29 is 0 Å². The van der Waals surface area contributed by atoms with Gasteiger partial charge in [0.2, 0.25) is 0 Å². The van der Waals surface area contributed by atoms with E-state index in [9.17, 15) is 0 Å². The molecule has 0 amide bonds. The summed E-state index contributed by atoms with van der Waals surface area (Å²) >= 11 is 3.87. The van der Waals surface area contributed by atoms with Gasteiger partial charge in [-0.1, -0.05) is 13.0 Å². The molecule has 3 atom stereocenters. The van der Waals surface area contributed by atoms with Crippen molar-refractivity contribution in [2.24, 2.45) is 0 Å². The second kappa shape index (κ2) is 5.65. The summed E-state index contributed by atoms with van der Waals surface area (Å²) < 4.78 is 1.48. The van der Waals surface area contributed by atoms with Crippen LogP contribution in [0, 0.1) is 0 Å². The summed E-state index contributed by atoms with van der Waals surface area (Å²) in [5.74, 6) is 0. The van der Waals surface area contributed by atoms with E-state index in [1.807, 2.05) is 35.4 Å². The maximum Gasteiger partial charge on any atom is 0.0649 e. The van der Waals surface area contributed by atoms with Gasteiger partial charge < -0.3 is 5.32 Å². The maximum atomic E-state index is 4.44. The molecule has 19 heavy (non-hydrogen) atoms. The smallest absolute Gasteiger partial charge is 0.0649 e. The number of fused-ring (bicyclic) bond motifs is 1. The Kier molecular flexibility index (Phi) is 3.91. The third-order valence-electron chi connectivity index (χ3n) is 3.49. The number of hydrogen-bond donors (Lipinski definition) is 1. The SMILES string of the molecule is C[C@H](NC1C[C@H](C)Sc2sccc21)c1ccccn1. The standard InChI is InChI=1S/C15H18N2S2/c1-10-9-14(12-6-8-18-15(12)19-10)17-11(2)13-5-3-4-7-16-13/h3-8,10-11,14,17H,9H2,1-2H3/t10-,11-,14?/m0/s1. The minimum atomic E-state index is 0.286. The summed E-state index contributed by atoms with van der Waals surface area (Å²) in [5, 5.41) is 6.62. The van der Waals surface area contributed by atoms with E-state index in [1.54, 1.807) is 0 Å². The van der Waals surface area contributed by atoms with E-state index in [0.717, 1.165) is 5.69 Å². The Bertz CT molecular complexity index is 538. The van der Waals surface area contributed by atoms with E-state index in [4.69, 9.17) is 0 Å². The van der Waals surface area contributed by atoms with Gasteiger partial charge in [0.25, 0.3) is 0 Å². The summed E-state index contributed by atoms with van der Waals surface area (Å²) in [6, 6.07) is 9.11. The minimum absolute atomic E-state index is 0.286. The van der Waals surface area contributed by atoms with Gasteiger partial charge >= 0.3 is 0 Å². The first kappa shape index (κ1) is 13.2. The van der Waals surface area contributed by atoms with Crippen molar-refractivity contribution in [3.8, 4) is 0 Å². The topological polar surface area (TPSA) is 24.9 Å². The molecule has 3 heterocycles. The number of aromatic nitrogens is 1. The Morgan fingerprint density at radius 1 is 1.37 bits per heavy atom. The zero-order valence-electron chi connectivity index (χ0n) is 11.2. The van der Waals surface area contributed by atoms with Crippen LogP contribution in [0.4, 0.5) is 0 Å². The zero-order chi connectivity index (χ0) is 13.2. The fraction of sp³-hybridized carbons (Fsp3) is 0.400. The molecule has 1 unspecified atom stereocenters. The fourth-order valence-corrected chi connectivity index (χ4v) is 5.09. The van der Waals surface area contributed by atoms with Crippen LogP contribution in [0.15, 0.2) is 40.1 Å². The van der Waals surface area contributed by atoms with Gasteiger partial charge in [-0.15, -0.1) is 23.1 Å². The Morgan fingerprint density at radius 3 is 3.05 bits per heavy atom. The molecule has 2 nitrogen and oxygen atoms in total. The third-order valence-corrected chi connectivity index (χ3v) is 5.84. The highest BCUT2D eigenvalue weighted by molar-refractivity contribution is 8.01. The maximum absolute atomic E-state index is 4.44. The lowest BCUT2D eigenvalue weighted by Gasteiger charge is -2.30. The average molecular weight is 290 g/mol. The molecule has 0 spiro atoms. The minimum Gasteiger partial charge on any atom is -0.302 e.